The molecule has 0 saturated heterocycles. The molecule has 0 amide bonds. The molecule has 4 rings (SSSR count). The number of sulfone groups is 1. The number of hydrogen-bond acceptors (Lipinski definition) is 6. The average Bonchev–Trinajstić information content (AvgIpc) is 2.93. The van der Waals surface area contributed by atoms with Crippen molar-refractivity contribution in [3.05, 3.63) is 119 Å². The van der Waals surface area contributed by atoms with Gasteiger partial charge in [-0.3, -0.25) is 9.59 Å². The Morgan fingerprint density at radius 3 is 1.61 bits per heavy atom. The van der Waals surface area contributed by atoms with E-state index in [1.165, 1.54) is 37.7 Å². The molecule has 0 saturated carbocycles. The van der Waals surface area contributed by atoms with Gasteiger partial charge in [-0.05, 0) is 93.6 Å². The van der Waals surface area contributed by atoms with Crippen LogP contribution in [0.5, 0.6) is 5.75 Å². The normalized spacial score (nSPS) is 11.7. The molecule has 0 radical (unpaired) electrons. The fourth-order valence-electron chi connectivity index (χ4n) is 3.88. The van der Waals surface area contributed by atoms with E-state index in [2.05, 4.69) is 0 Å². The van der Waals surface area contributed by atoms with Crippen molar-refractivity contribution in [1.29, 1.82) is 0 Å². The van der Waals surface area contributed by atoms with E-state index < -0.39 is 20.4 Å². The quantitative estimate of drug-likeness (QED) is 0.215. The molecule has 0 bridgehead atoms. The fraction of sp³-hybridized carbons (Fsp3) is 0.161. The second kappa shape index (κ2) is 11.0. The van der Waals surface area contributed by atoms with Crippen LogP contribution in [0.2, 0.25) is 0 Å². The van der Waals surface area contributed by atoms with Gasteiger partial charge in [0.1, 0.15) is 10.5 Å². The summed E-state index contributed by atoms with van der Waals surface area (Å²) >= 11 is 1.48. The first-order chi connectivity index (χ1) is 18.0. The van der Waals surface area contributed by atoms with Crippen molar-refractivity contribution in [2.75, 3.05) is 7.11 Å². The third-order valence-electron chi connectivity index (χ3n) is 6.37. The van der Waals surface area contributed by atoms with Crippen molar-refractivity contribution in [2.45, 2.75) is 40.2 Å². The molecule has 0 aliphatic rings. The van der Waals surface area contributed by atoms with Gasteiger partial charge in [0, 0.05) is 26.5 Å². The van der Waals surface area contributed by atoms with Crippen LogP contribution in [0.3, 0.4) is 0 Å². The Labute approximate surface area is 227 Å². The molecule has 0 unspecified atom stereocenters. The van der Waals surface area contributed by atoms with Crippen LogP contribution in [0.25, 0.3) is 0 Å². The number of carbonyl (C=O) groups is 2. The predicted molar refractivity (Wildman–Crippen MR) is 150 cm³/mol. The number of benzene rings is 4. The average molecular weight is 545 g/mol. The van der Waals surface area contributed by atoms with Crippen molar-refractivity contribution < 1.29 is 22.7 Å². The number of aryl methyl sites for hydroxylation is 1. The van der Waals surface area contributed by atoms with Crippen LogP contribution >= 0.6 is 11.8 Å². The van der Waals surface area contributed by atoms with Crippen LogP contribution in [0, 0.1) is 6.92 Å². The first-order valence-electron chi connectivity index (χ1n) is 12.0. The molecule has 0 N–H and O–H groups in total. The maximum absolute atomic E-state index is 13.3. The molecule has 0 fully saturated rings. The van der Waals surface area contributed by atoms with E-state index in [-0.39, 0.29) is 10.7 Å². The van der Waals surface area contributed by atoms with Crippen molar-refractivity contribution in [3.63, 3.8) is 0 Å². The number of Topliss-reactive ketones (excluding diaryl/α,β-unsaturated/α-hetero) is 1. The van der Waals surface area contributed by atoms with Crippen LogP contribution in [-0.2, 0) is 9.84 Å². The van der Waals surface area contributed by atoms with Gasteiger partial charge >= 0.3 is 0 Å². The minimum Gasteiger partial charge on any atom is -0.497 e. The Bertz CT molecular complexity index is 1550. The van der Waals surface area contributed by atoms with Gasteiger partial charge in [-0.1, -0.05) is 41.6 Å². The lowest BCUT2D eigenvalue weighted by molar-refractivity contribution is 0.0953. The van der Waals surface area contributed by atoms with Crippen molar-refractivity contribution >= 4 is 33.2 Å². The zero-order chi connectivity index (χ0) is 27.5. The molecule has 194 valence electrons. The van der Waals surface area contributed by atoms with E-state index in [0.29, 0.717) is 22.4 Å². The van der Waals surface area contributed by atoms with Crippen LogP contribution in [-0.4, -0.2) is 31.8 Å². The molecule has 0 atom stereocenters. The van der Waals surface area contributed by atoms with Gasteiger partial charge < -0.3 is 4.74 Å². The van der Waals surface area contributed by atoms with Crippen molar-refractivity contribution in [3.8, 4) is 5.75 Å². The van der Waals surface area contributed by atoms with E-state index in [4.69, 9.17) is 4.74 Å². The third kappa shape index (κ3) is 5.59. The number of ketones is 2. The first kappa shape index (κ1) is 27.4. The maximum atomic E-state index is 13.3. The molecule has 4 aromatic carbocycles. The lowest BCUT2D eigenvalue weighted by atomic mass is 10.0. The minimum absolute atomic E-state index is 0.0738. The summed E-state index contributed by atoms with van der Waals surface area (Å²) in [7, 11) is -2.30. The minimum atomic E-state index is -3.88. The van der Waals surface area contributed by atoms with E-state index in [0.717, 1.165) is 15.4 Å². The first-order valence-corrected chi connectivity index (χ1v) is 14.3. The Kier molecular flexibility index (Phi) is 7.90. The van der Waals surface area contributed by atoms with E-state index in [1.54, 1.807) is 79.9 Å². The zero-order valence-electron chi connectivity index (χ0n) is 21.6. The Morgan fingerprint density at radius 1 is 0.684 bits per heavy atom. The summed E-state index contributed by atoms with van der Waals surface area (Å²) in [6.45, 7) is 4.77. The third-order valence-corrected chi connectivity index (χ3v) is 9.81. The van der Waals surface area contributed by atoms with Crippen molar-refractivity contribution in [2.24, 2.45) is 0 Å². The smallest absolute Gasteiger partial charge is 0.193 e. The molecular weight excluding hydrogens is 516 g/mol. The highest BCUT2D eigenvalue weighted by Gasteiger charge is 2.43. The van der Waals surface area contributed by atoms with Crippen LogP contribution in [0.15, 0.2) is 112 Å². The molecule has 0 aliphatic heterocycles. The fourth-order valence-corrected chi connectivity index (χ4v) is 6.14. The van der Waals surface area contributed by atoms with Crippen LogP contribution < -0.4 is 4.74 Å². The number of methoxy groups -OCH3 is 1. The van der Waals surface area contributed by atoms with Crippen molar-refractivity contribution in [1.82, 2.24) is 0 Å². The second-order valence-corrected chi connectivity index (χ2v) is 13.0. The second-order valence-electron chi connectivity index (χ2n) is 9.36. The number of hydrogen-bond donors (Lipinski definition) is 0. The number of rotatable bonds is 9. The molecule has 0 heterocycles. The summed E-state index contributed by atoms with van der Waals surface area (Å²) in [5.74, 6) is 0.156. The molecule has 5 nitrogen and oxygen atoms in total. The van der Waals surface area contributed by atoms with Gasteiger partial charge in [-0.2, -0.15) is 0 Å². The molecule has 38 heavy (non-hydrogen) atoms. The molecule has 0 aliphatic carbocycles. The SMILES string of the molecule is COc1ccc(C(=O)c2ccc(Sc3ccc(C(=O)C(C)(C)S(=O)(=O)c4ccc(C)cc4)cc3)cc2)cc1. The van der Waals surface area contributed by atoms with Gasteiger partial charge in [-0.25, -0.2) is 8.42 Å². The summed E-state index contributed by atoms with van der Waals surface area (Å²) in [5.41, 5.74) is 2.44. The topological polar surface area (TPSA) is 77.5 Å². The van der Waals surface area contributed by atoms with Gasteiger partial charge in [0.05, 0.1) is 12.0 Å². The zero-order valence-corrected chi connectivity index (χ0v) is 23.2. The highest BCUT2D eigenvalue weighted by Crippen LogP contribution is 2.32. The van der Waals surface area contributed by atoms with E-state index in [1.807, 2.05) is 19.1 Å². The molecule has 7 heteroatoms. The molecule has 0 aromatic heterocycles. The van der Waals surface area contributed by atoms with Crippen LogP contribution in [0.4, 0.5) is 0 Å². The Hall–Kier alpha value is -3.68. The lowest BCUT2D eigenvalue weighted by Crippen LogP contribution is -2.40. The molecule has 0 spiro atoms. The predicted octanol–water partition coefficient (Wildman–Crippen LogP) is 6.82. The number of carbonyl (C=O) groups excluding carboxylic acids is 2. The summed E-state index contributed by atoms with van der Waals surface area (Å²) in [6, 6.07) is 27.7. The van der Waals surface area contributed by atoms with Gasteiger partial charge in [0.2, 0.25) is 0 Å². The highest BCUT2D eigenvalue weighted by molar-refractivity contribution is 7.99. The molecular formula is C31H28O5S2. The maximum Gasteiger partial charge on any atom is 0.193 e. The van der Waals surface area contributed by atoms with Crippen LogP contribution in [0.1, 0.15) is 45.7 Å². The monoisotopic (exact) mass is 544 g/mol. The lowest BCUT2D eigenvalue weighted by Gasteiger charge is -2.23. The highest BCUT2D eigenvalue weighted by atomic mass is 32.2. The van der Waals surface area contributed by atoms with Gasteiger partial charge in [0.25, 0.3) is 0 Å². The Morgan fingerprint density at radius 2 is 1.13 bits per heavy atom. The number of ether oxygens (including phenoxy) is 1. The standard InChI is InChI=1S/C31H28O5S2/c1-21-5-19-28(20-6-21)38(34,35)31(2,3)30(33)24-11-17-27(18-12-24)37-26-15-9-23(10-16-26)29(32)22-7-13-25(36-4)14-8-22/h5-20H,1-4H3. The molecule has 4 aromatic rings. The van der Waals surface area contributed by atoms with Gasteiger partial charge in [-0.15, -0.1) is 0 Å². The van der Waals surface area contributed by atoms with Gasteiger partial charge in [0.15, 0.2) is 21.4 Å². The summed E-state index contributed by atoms with van der Waals surface area (Å²) in [4.78, 5) is 27.9. The van der Waals surface area contributed by atoms with E-state index >= 15 is 0 Å². The summed E-state index contributed by atoms with van der Waals surface area (Å²) in [6.07, 6.45) is 0. The summed E-state index contributed by atoms with van der Waals surface area (Å²) in [5, 5.41) is 0. The summed E-state index contributed by atoms with van der Waals surface area (Å²) < 4.78 is 30.0. The van der Waals surface area contributed by atoms with E-state index in [9.17, 15) is 18.0 Å². The Balaban J connectivity index is 1.45. The largest absolute Gasteiger partial charge is 0.497 e.